The van der Waals surface area contributed by atoms with Gasteiger partial charge < -0.3 is 14.6 Å². The van der Waals surface area contributed by atoms with Crippen molar-refractivity contribution in [3.63, 3.8) is 0 Å². The van der Waals surface area contributed by atoms with Crippen LogP contribution in [0.4, 0.5) is 0 Å². The van der Waals surface area contributed by atoms with Gasteiger partial charge in [-0.3, -0.25) is 9.59 Å². The molecule has 2 heterocycles. The van der Waals surface area contributed by atoms with Gasteiger partial charge in [0.2, 0.25) is 5.91 Å². The first-order valence-corrected chi connectivity index (χ1v) is 9.13. The topological polar surface area (TPSA) is 75.3 Å². The van der Waals surface area contributed by atoms with Crippen LogP contribution in [0.15, 0.2) is 17.2 Å². The number of aromatic amines is 1. The summed E-state index contributed by atoms with van der Waals surface area (Å²) in [7, 11) is 0. The number of carbonyl (C=O) groups is 1. The maximum atomic E-state index is 12.5. The first-order chi connectivity index (χ1) is 11.7. The first-order valence-electron chi connectivity index (χ1n) is 9.13. The number of nitrogens with zero attached hydrogens (tertiary/aromatic N) is 2. The smallest absolute Gasteiger partial charge is 0.250 e. The maximum Gasteiger partial charge on any atom is 0.250 e. The molecule has 1 atom stereocenters. The third-order valence-electron chi connectivity index (χ3n) is 5.14. The molecule has 1 aromatic heterocycles. The summed E-state index contributed by atoms with van der Waals surface area (Å²) in [4.78, 5) is 32.5. The van der Waals surface area contributed by atoms with Gasteiger partial charge in [-0.2, -0.15) is 0 Å². The molecule has 0 spiro atoms. The minimum atomic E-state index is -0.131. The molecule has 0 radical (unpaired) electrons. The van der Waals surface area contributed by atoms with Crippen molar-refractivity contribution in [2.75, 3.05) is 19.7 Å². The zero-order valence-electron chi connectivity index (χ0n) is 14.2. The van der Waals surface area contributed by atoms with Crippen LogP contribution in [0.25, 0.3) is 0 Å². The van der Waals surface area contributed by atoms with Crippen LogP contribution in [0.3, 0.4) is 0 Å². The molecule has 6 heteroatoms. The fraction of sp³-hybridized carbons (Fsp3) is 0.722. The second-order valence-electron chi connectivity index (χ2n) is 6.98. The Morgan fingerprint density at radius 3 is 2.96 bits per heavy atom. The van der Waals surface area contributed by atoms with E-state index >= 15 is 0 Å². The predicted molar refractivity (Wildman–Crippen MR) is 90.7 cm³/mol. The summed E-state index contributed by atoms with van der Waals surface area (Å²) >= 11 is 0. The predicted octanol–water partition coefficient (Wildman–Crippen LogP) is 1.90. The largest absolute Gasteiger partial charge is 0.375 e. The van der Waals surface area contributed by atoms with E-state index in [-0.39, 0.29) is 17.6 Å². The van der Waals surface area contributed by atoms with Crippen LogP contribution in [0.2, 0.25) is 0 Å². The Morgan fingerprint density at radius 2 is 2.17 bits per heavy atom. The van der Waals surface area contributed by atoms with Crippen molar-refractivity contribution < 1.29 is 9.53 Å². The van der Waals surface area contributed by atoms with Crippen molar-refractivity contribution >= 4 is 5.91 Å². The van der Waals surface area contributed by atoms with E-state index in [2.05, 4.69) is 9.97 Å². The minimum absolute atomic E-state index is 0.0372. The van der Waals surface area contributed by atoms with Crippen LogP contribution in [0, 0.1) is 5.92 Å². The molecular formula is C18H27N3O3. The molecule has 1 aliphatic carbocycles. The summed E-state index contributed by atoms with van der Waals surface area (Å²) in [6.45, 7) is 1.96. The van der Waals surface area contributed by atoms with Gasteiger partial charge in [0.05, 0.1) is 19.0 Å². The zero-order chi connectivity index (χ0) is 16.8. The van der Waals surface area contributed by atoms with Gasteiger partial charge in [0.1, 0.15) is 0 Å². The van der Waals surface area contributed by atoms with Crippen molar-refractivity contribution in [3.8, 4) is 0 Å². The Kier molecular flexibility index (Phi) is 6.01. The fourth-order valence-electron chi connectivity index (χ4n) is 3.74. The Hall–Kier alpha value is -1.69. The normalized spacial score (nSPS) is 22.5. The molecule has 24 heavy (non-hydrogen) atoms. The lowest BCUT2D eigenvalue weighted by molar-refractivity contribution is -0.140. The quantitative estimate of drug-likeness (QED) is 0.893. The van der Waals surface area contributed by atoms with E-state index in [0.29, 0.717) is 38.5 Å². The molecule has 1 saturated carbocycles. The molecule has 6 nitrogen and oxygen atoms in total. The molecule has 132 valence electrons. The van der Waals surface area contributed by atoms with Gasteiger partial charge in [0.25, 0.3) is 5.56 Å². The number of carbonyl (C=O) groups excluding carboxylic acids is 1. The average Bonchev–Trinajstić information content (AvgIpc) is 2.61. The number of nitrogens with one attached hydrogen (secondary N) is 1. The van der Waals surface area contributed by atoms with Crippen molar-refractivity contribution in [2.45, 2.75) is 57.5 Å². The van der Waals surface area contributed by atoms with Crippen LogP contribution in [0.1, 0.15) is 50.6 Å². The molecule has 0 aromatic carbocycles. The third kappa shape index (κ3) is 4.90. The molecule has 2 fully saturated rings. The summed E-state index contributed by atoms with van der Waals surface area (Å²) in [6.07, 6.45) is 9.90. The first kappa shape index (κ1) is 17.1. The highest BCUT2D eigenvalue weighted by Crippen LogP contribution is 2.27. The third-order valence-corrected chi connectivity index (χ3v) is 5.14. The average molecular weight is 333 g/mol. The fourth-order valence-corrected chi connectivity index (χ4v) is 3.74. The highest BCUT2D eigenvalue weighted by atomic mass is 16.5. The number of ether oxygens (including phenoxy) is 1. The van der Waals surface area contributed by atoms with Gasteiger partial charge in [-0.1, -0.05) is 19.3 Å². The number of morpholine rings is 1. The van der Waals surface area contributed by atoms with Gasteiger partial charge in [0, 0.05) is 31.3 Å². The zero-order valence-corrected chi connectivity index (χ0v) is 14.2. The Bertz CT molecular complexity index is 595. The van der Waals surface area contributed by atoms with Crippen molar-refractivity contribution in [3.05, 3.63) is 28.4 Å². The number of H-pyrrole nitrogens is 1. The van der Waals surface area contributed by atoms with Crippen LogP contribution >= 0.6 is 0 Å². The standard InChI is InChI=1S/C18H27N3O3/c22-17-11-15(19-13-20-17)6-7-16-12-21(8-9-24-16)18(23)10-14-4-2-1-3-5-14/h11,13-14,16H,1-10,12H2,(H,19,20,22)/t16-/m0/s1. The monoisotopic (exact) mass is 333 g/mol. The van der Waals surface area contributed by atoms with Crippen molar-refractivity contribution in [1.82, 2.24) is 14.9 Å². The molecule has 1 aromatic rings. The summed E-state index contributed by atoms with van der Waals surface area (Å²) in [5.41, 5.74) is 0.641. The van der Waals surface area contributed by atoms with Gasteiger partial charge >= 0.3 is 0 Å². The molecule has 1 saturated heterocycles. The highest BCUT2D eigenvalue weighted by Gasteiger charge is 2.26. The Balaban J connectivity index is 1.46. The van der Waals surface area contributed by atoms with E-state index in [1.54, 1.807) is 0 Å². The molecular weight excluding hydrogens is 306 g/mol. The number of amides is 1. The second-order valence-corrected chi connectivity index (χ2v) is 6.98. The second kappa shape index (κ2) is 8.42. The molecule has 1 amide bonds. The van der Waals surface area contributed by atoms with E-state index in [0.717, 1.165) is 12.1 Å². The lowest BCUT2D eigenvalue weighted by atomic mass is 9.86. The molecule has 0 unspecified atom stereocenters. The summed E-state index contributed by atoms with van der Waals surface area (Å²) in [5, 5.41) is 0. The van der Waals surface area contributed by atoms with Gasteiger partial charge in [0.15, 0.2) is 0 Å². The van der Waals surface area contributed by atoms with Gasteiger partial charge in [-0.25, -0.2) is 4.98 Å². The molecule has 3 rings (SSSR count). The van der Waals surface area contributed by atoms with Crippen LogP contribution in [-0.4, -0.2) is 46.6 Å². The molecule has 0 bridgehead atoms. The molecule has 1 aliphatic heterocycles. The van der Waals surface area contributed by atoms with E-state index in [1.807, 2.05) is 4.90 Å². The van der Waals surface area contributed by atoms with E-state index < -0.39 is 0 Å². The number of aromatic nitrogens is 2. The molecule has 2 aliphatic rings. The SMILES string of the molecule is O=C(CC1CCCCC1)N1CCO[C@@H](CCc2cc(=O)[nH]cn2)C1. The minimum Gasteiger partial charge on any atom is -0.375 e. The van der Waals surface area contributed by atoms with Crippen LogP contribution < -0.4 is 5.56 Å². The summed E-state index contributed by atoms with van der Waals surface area (Å²) in [6, 6.07) is 1.52. The van der Waals surface area contributed by atoms with Crippen LogP contribution in [0.5, 0.6) is 0 Å². The lowest BCUT2D eigenvalue weighted by Crippen LogP contribution is -2.46. The Labute approximate surface area is 142 Å². The van der Waals surface area contributed by atoms with Gasteiger partial charge in [-0.05, 0) is 31.6 Å². The van der Waals surface area contributed by atoms with E-state index in [4.69, 9.17) is 4.74 Å². The van der Waals surface area contributed by atoms with Gasteiger partial charge in [-0.15, -0.1) is 0 Å². The number of aryl methyl sites for hydroxylation is 1. The highest BCUT2D eigenvalue weighted by molar-refractivity contribution is 5.76. The summed E-state index contributed by atoms with van der Waals surface area (Å²) < 4.78 is 5.79. The number of rotatable bonds is 5. The maximum absolute atomic E-state index is 12.5. The number of hydrogen-bond acceptors (Lipinski definition) is 4. The number of hydrogen-bond donors (Lipinski definition) is 1. The van der Waals surface area contributed by atoms with Crippen molar-refractivity contribution in [1.29, 1.82) is 0 Å². The van der Waals surface area contributed by atoms with Crippen molar-refractivity contribution in [2.24, 2.45) is 5.92 Å². The van der Waals surface area contributed by atoms with Crippen LogP contribution in [-0.2, 0) is 16.0 Å². The molecule has 1 N–H and O–H groups in total. The summed E-state index contributed by atoms with van der Waals surface area (Å²) in [5.74, 6) is 0.859. The van der Waals surface area contributed by atoms with E-state index in [1.165, 1.54) is 44.5 Å². The Morgan fingerprint density at radius 1 is 1.33 bits per heavy atom. The van der Waals surface area contributed by atoms with E-state index in [9.17, 15) is 9.59 Å². The lowest BCUT2D eigenvalue weighted by Gasteiger charge is -2.34.